The largest absolute Gasteiger partial charge is 0.378 e. The average molecular weight is 377 g/mol. The lowest BCUT2D eigenvalue weighted by atomic mass is 9.95. The van der Waals surface area contributed by atoms with Gasteiger partial charge in [-0.05, 0) is 37.1 Å². The molecule has 3 heterocycles. The number of hydrogen-bond acceptors (Lipinski definition) is 4. The van der Waals surface area contributed by atoms with Crippen molar-refractivity contribution in [3.63, 3.8) is 0 Å². The third-order valence-electron chi connectivity index (χ3n) is 5.99. The molecule has 3 aromatic rings. The number of pyridine rings is 1. The second-order valence-corrected chi connectivity index (χ2v) is 7.86. The molecule has 5 heteroatoms. The first-order valence-corrected chi connectivity index (χ1v) is 10.6. The first-order chi connectivity index (χ1) is 13.9. The zero-order valence-electron chi connectivity index (χ0n) is 16.3. The van der Waals surface area contributed by atoms with Crippen LogP contribution in [-0.2, 0) is 4.74 Å². The number of imidazole rings is 1. The van der Waals surface area contributed by atoms with E-state index in [9.17, 15) is 0 Å². The molecular formula is C23H28N4O. The summed E-state index contributed by atoms with van der Waals surface area (Å²) in [7, 11) is 0. The van der Waals surface area contributed by atoms with E-state index in [0.29, 0.717) is 6.04 Å². The third kappa shape index (κ3) is 3.47. The Morgan fingerprint density at radius 1 is 0.929 bits per heavy atom. The third-order valence-corrected chi connectivity index (χ3v) is 5.99. The number of ether oxygens (including phenoxy) is 1. The van der Waals surface area contributed by atoms with Gasteiger partial charge in [-0.15, -0.1) is 0 Å². The molecule has 0 atom stereocenters. The molecule has 146 valence electrons. The predicted octanol–water partition coefficient (Wildman–Crippen LogP) is 4.58. The molecule has 1 N–H and O–H groups in total. The van der Waals surface area contributed by atoms with Crippen LogP contribution in [0.4, 0.5) is 11.5 Å². The Balaban J connectivity index is 1.48. The zero-order chi connectivity index (χ0) is 18.8. The summed E-state index contributed by atoms with van der Waals surface area (Å²) in [6.45, 7) is 3.54. The standard InChI is InChI=1S/C23H28N4O/c1-2-6-19(7-3-1)24-23-22(25-21-8-4-5-13-27(21)23)18-9-11-20(12-10-18)26-14-16-28-17-15-26/h4-5,8-13,19,24H,1-3,6-7,14-17H2. The van der Waals surface area contributed by atoms with Crippen LogP contribution in [0.25, 0.3) is 16.9 Å². The maximum atomic E-state index is 5.47. The molecule has 2 fully saturated rings. The maximum Gasteiger partial charge on any atom is 0.139 e. The van der Waals surface area contributed by atoms with Crippen molar-refractivity contribution >= 4 is 17.2 Å². The van der Waals surface area contributed by atoms with Crippen LogP contribution in [-0.4, -0.2) is 41.7 Å². The number of aromatic nitrogens is 2. The lowest BCUT2D eigenvalue weighted by molar-refractivity contribution is 0.122. The Labute approximate surface area is 166 Å². The molecular weight excluding hydrogens is 348 g/mol. The van der Waals surface area contributed by atoms with Crippen LogP contribution >= 0.6 is 0 Å². The Hall–Kier alpha value is -2.53. The van der Waals surface area contributed by atoms with E-state index >= 15 is 0 Å². The molecule has 2 aromatic heterocycles. The monoisotopic (exact) mass is 376 g/mol. The van der Waals surface area contributed by atoms with E-state index in [4.69, 9.17) is 9.72 Å². The summed E-state index contributed by atoms with van der Waals surface area (Å²) in [5.74, 6) is 1.13. The summed E-state index contributed by atoms with van der Waals surface area (Å²) in [6.07, 6.45) is 8.60. The normalized spacial score (nSPS) is 18.5. The van der Waals surface area contributed by atoms with E-state index in [0.717, 1.165) is 43.5 Å². The number of benzene rings is 1. The minimum atomic E-state index is 0.542. The van der Waals surface area contributed by atoms with E-state index < -0.39 is 0 Å². The average Bonchev–Trinajstić information content (AvgIpc) is 3.14. The topological polar surface area (TPSA) is 41.8 Å². The summed E-state index contributed by atoms with van der Waals surface area (Å²) in [5, 5.41) is 3.82. The molecule has 0 radical (unpaired) electrons. The fraction of sp³-hybridized carbons (Fsp3) is 0.435. The molecule has 2 aliphatic rings. The number of anilines is 2. The Kier molecular flexibility index (Phi) is 4.92. The van der Waals surface area contributed by atoms with Crippen molar-refractivity contribution in [2.24, 2.45) is 0 Å². The second-order valence-electron chi connectivity index (χ2n) is 7.86. The molecule has 0 bridgehead atoms. The number of nitrogens with zero attached hydrogens (tertiary/aromatic N) is 3. The number of rotatable bonds is 4. The van der Waals surface area contributed by atoms with Gasteiger partial charge in [-0.2, -0.15) is 0 Å². The summed E-state index contributed by atoms with van der Waals surface area (Å²) in [5.41, 5.74) is 4.47. The van der Waals surface area contributed by atoms with Gasteiger partial charge in [0.05, 0.1) is 13.2 Å². The van der Waals surface area contributed by atoms with Gasteiger partial charge in [0.25, 0.3) is 0 Å². The van der Waals surface area contributed by atoms with Crippen LogP contribution in [0.15, 0.2) is 48.7 Å². The minimum absolute atomic E-state index is 0.542. The van der Waals surface area contributed by atoms with Gasteiger partial charge >= 0.3 is 0 Å². The predicted molar refractivity (Wildman–Crippen MR) is 114 cm³/mol. The van der Waals surface area contributed by atoms with Gasteiger partial charge in [-0.3, -0.25) is 4.40 Å². The van der Waals surface area contributed by atoms with Crippen LogP contribution in [0.1, 0.15) is 32.1 Å². The van der Waals surface area contributed by atoms with E-state index in [1.807, 2.05) is 0 Å². The number of morpholine rings is 1. The molecule has 1 aromatic carbocycles. The summed E-state index contributed by atoms with van der Waals surface area (Å²) in [6, 6.07) is 15.6. The lowest BCUT2D eigenvalue weighted by Gasteiger charge is -2.29. The highest BCUT2D eigenvalue weighted by molar-refractivity contribution is 5.77. The number of fused-ring (bicyclic) bond motifs is 1. The number of hydrogen-bond donors (Lipinski definition) is 1. The quantitative estimate of drug-likeness (QED) is 0.724. The second kappa shape index (κ2) is 7.84. The fourth-order valence-electron chi connectivity index (χ4n) is 4.43. The van der Waals surface area contributed by atoms with Crippen molar-refractivity contribution in [3.05, 3.63) is 48.7 Å². The highest BCUT2D eigenvalue weighted by atomic mass is 16.5. The molecule has 1 aliphatic carbocycles. The van der Waals surface area contributed by atoms with Gasteiger partial charge in [-0.25, -0.2) is 4.98 Å². The smallest absolute Gasteiger partial charge is 0.139 e. The van der Waals surface area contributed by atoms with Crippen LogP contribution in [0.3, 0.4) is 0 Å². The minimum Gasteiger partial charge on any atom is -0.378 e. The SMILES string of the molecule is c1ccn2c(NC3CCCCC3)c(-c3ccc(N4CCOCC4)cc3)nc2c1. The molecule has 28 heavy (non-hydrogen) atoms. The van der Waals surface area contributed by atoms with E-state index in [1.165, 1.54) is 43.4 Å². The van der Waals surface area contributed by atoms with Crippen LogP contribution in [0.2, 0.25) is 0 Å². The van der Waals surface area contributed by atoms with Crippen molar-refractivity contribution in [3.8, 4) is 11.3 Å². The Morgan fingerprint density at radius 2 is 1.71 bits per heavy atom. The first kappa shape index (κ1) is 17.6. The lowest BCUT2D eigenvalue weighted by Crippen LogP contribution is -2.36. The Bertz CT molecular complexity index is 921. The maximum absolute atomic E-state index is 5.47. The molecule has 5 rings (SSSR count). The van der Waals surface area contributed by atoms with E-state index in [1.54, 1.807) is 0 Å². The zero-order valence-corrected chi connectivity index (χ0v) is 16.3. The molecule has 1 saturated carbocycles. The van der Waals surface area contributed by atoms with Gasteiger partial charge in [-0.1, -0.05) is 37.5 Å². The number of nitrogens with one attached hydrogen (secondary N) is 1. The van der Waals surface area contributed by atoms with Gasteiger partial charge in [0.1, 0.15) is 17.2 Å². The van der Waals surface area contributed by atoms with Gasteiger partial charge < -0.3 is 15.0 Å². The molecule has 0 unspecified atom stereocenters. The molecule has 0 amide bonds. The summed E-state index contributed by atoms with van der Waals surface area (Å²) >= 11 is 0. The van der Waals surface area contributed by atoms with E-state index in [2.05, 4.69) is 63.3 Å². The van der Waals surface area contributed by atoms with Gasteiger partial charge in [0.15, 0.2) is 0 Å². The molecule has 0 spiro atoms. The first-order valence-electron chi connectivity index (χ1n) is 10.6. The molecule has 1 aliphatic heterocycles. The van der Waals surface area contributed by atoms with Crippen molar-refractivity contribution in [2.45, 2.75) is 38.1 Å². The van der Waals surface area contributed by atoms with Crippen molar-refractivity contribution in [1.29, 1.82) is 0 Å². The van der Waals surface area contributed by atoms with Crippen molar-refractivity contribution in [1.82, 2.24) is 9.38 Å². The van der Waals surface area contributed by atoms with E-state index in [-0.39, 0.29) is 0 Å². The highest BCUT2D eigenvalue weighted by Gasteiger charge is 2.20. The van der Waals surface area contributed by atoms with Gasteiger partial charge in [0.2, 0.25) is 0 Å². The fourth-order valence-corrected chi connectivity index (χ4v) is 4.43. The van der Waals surface area contributed by atoms with Crippen LogP contribution in [0.5, 0.6) is 0 Å². The van der Waals surface area contributed by atoms with Crippen LogP contribution < -0.4 is 10.2 Å². The van der Waals surface area contributed by atoms with Crippen LogP contribution in [0, 0.1) is 0 Å². The van der Waals surface area contributed by atoms with Crippen molar-refractivity contribution in [2.75, 3.05) is 36.5 Å². The Morgan fingerprint density at radius 3 is 2.50 bits per heavy atom. The highest BCUT2D eigenvalue weighted by Crippen LogP contribution is 2.32. The van der Waals surface area contributed by atoms with Gasteiger partial charge in [0, 0.05) is 36.6 Å². The van der Waals surface area contributed by atoms with Crippen molar-refractivity contribution < 1.29 is 4.74 Å². The summed E-state index contributed by atoms with van der Waals surface area (Å²) in [4.78, 5) is 7.34. The molecule has 1 saturated heterocycles. The molecule has 5 nitrogen and oxygen atoms in total. The summed E-state index contributed by atoms with van der Waals surface area (Å²) < 4.78 is 7.67.